The van der Waals surface area contributed by atoms with Crippen LogP contribution in [0.15, 0.2) is 0 Å². The summed E-state index contributed by atoms with van der Waals surface area (Å²) >= 11 is 0. The molecule has 4 N–H and O–H groups in total. The molecule has 0 aliphatic heterocycles. The lowest BCUT2D eigenvalue weighted by molar-refractivity contribution is -0.179. The summed E-state index contributed by atoms with van der Waals surface area (Å²) in [6.07, 6.45) is -7.23. The zero-order valence-corrected chi connectivity index (χ0v) is 11.6. The fraction of sp³-hybridized carbons (Fsp3) is 0.833. The molecule has 4 atom stereocenters. The van der Waals surface area contributed by atoms with E-state index in [4.69, 9.17) is 0 Å². The molecule has 8 heteroatoms. The molecule has 0 aromatic rings. The average Bonchev–Trinajstić information content (AvgIpc) is 2.46. The lowest BCUT2D eigenvalue weighted by Crippen LogP contribution is -2.50. The van der Waals surface area contributed by atoms with Crippen LogP contribution < -0.4 is 0 Å². The maximum atomic E-state index is 11.3. The van der Waals surface area contributed by atoms with Gasteiger partial charge in [0.1, 0.15) is 12.2 Å². The van der Waals surface area contributed by atoms with E-state index in [0.717, 1.165) is 0 Å². The molecule has 0 spiro atoms. The Kier molecular flexibility index (Phi) is 9.06. The van der Waals surface area contributed by atoms with Crippen LogP contribution in [0.4, 0.5) is 0 Å². The molecule has 0 aromatic carbocycles. The molecule has 0 amide bonds. The highest BCUT2D eigenvalue weighted by Gasteiger charge is 2.38. The van der Waals surface area contributed by atoms with Crippen LogP contribution in [-0.2, 0) is 19.1 Å². The second-order valence-electron chi connectivity index (χ2n) is 4.21. The monoisotopic (exact) mass is 294 g/mol. The fourth-order valence-corrected chi connectivity index (χ4v) is 1.23. The van der Waals surface area contributed by atoms with Crippen molar-refractivity contribution in [1.82, 2.24) is 0 Å². The van der Waals surface area contributed by atoms with Crippen molar-refractivity contribution in [3.63, 3.8) is 0 Å². The number of esters is 2. The van der Waals surface area contributed by atoms with Gasteiger partial charge in [0.2, 0.25) is 0 Å². The van der Waals surface area contributed by atoms with Crippen LogP contribution in [0, 0.1) is 0 Å². The van der Waals surface area contributed by atoms with E-state index in [9.17, 15) is 30.0 Å². The third-order valence-corrected chi connectivity index (χ3v) is 2.38. The number of hydrogen-bond acceptors (Lipinski definition) is 8. The quantitative estimate of drug-likeness (QED) is 0.371. The van der Waals surface area contributed by atoms with Crippen LogP contribution in [0.5, 0.6) is 0 Å². The Bertz CT molecular complexity index is 276. The average molecular weight is 294 g/mol. The van der Waals surface area contributed by atoms with E-state index in [1.807, 2.05) is 0 Å². The van der Waals surface area contributed by atoms with Crippen LogP contribution in [0.2, 0.25) is 0 Å². The molecule has 0 rings (SSSR count). The summed E-state index contributed by atoms with van der Waals surface area (Å²) in [5.41, 5.74) is 0. The van der Waals surface area contributed by atoms with Gasteiger partial charge in [-0.25, -0.2) is 9.59 Å². The Labute approximate surface area is 116 Å². The predicted octanol–water partition coefficient (Wildman–Crippen LogP) is -1.66. The second-order valence-corrected chi connectivity index (χ2v) is 4.21. The normalized spacial score (nSPS) is 16.9. The highest BCUT2D eigenvalue weighted by Crippen LogP contribution is 2.08. The molecule has 0 fully saturated rings. The van der Waals surface area contributed by atoms with E-state index in [1.54, 1.807) is 13.8 Å². The Hall–Kier alpha value is -1.22. The highest BCUT2D eigenvalue weighted by atomic mass is 16.6. The summed E-state index contributed by atoms with van der Waals surface area (Å²) in [7, 11) is 0. The van der Waals surface area contributed by atoms with Gasteiger partial charge < -0.3 is 29.9 Å². The van der Waals surface area contributed by atoms with Gasteiger partial charge in [0.15, 0.2) is 12.2 Å². The molecule has 0 aromatic heterocycles. The minimum absolute atomic E-state index is 0.0415. The molecule has 0 heterocycles. The molecule has 0 aliphatic rings. The number of rotatable bonds is 9. The van der Waals surface area contributed by atoms with Gasteiger partial charge in [-0.3, -0.25) is 0 Å². The molecule has 0 aliphatic carbocycles. The van der Waals surface area contributed by atoms with E-state index < -0.39 is 36.4 Å². The molecule has 0 radical (unpaired) electrons. The number of ether oxygens (including phenoxy) is 2. The second kappa shape index (κ2) is 9.65. The highest BCUT2D eigenvalue weighted by molar-refractivity contribution is 5.77. The third kappa shape index (κ3) is 5.83. The Morgan fingerprint density at radius 1 is 0.800 bits per heavy atom. The van der Waals surface area contributed by atoms with Gasteiger partial charge in [-0.05, 0) is 12.8 Å². The topological polar surface area (TPSA) is 134 Å². The van der Waals surface area contributed by atoms with E-state index in [1.165, 1.54) is 0 Å². The van der Waals surface area contributed by atoms with E-state index in [0.29, 0.717) is 12.8 Å². The van der Waals surface area contributed by atoms with Gasteiger partial charge in [-0.1, -0.05) is 13.8 Å². The Morgan fingerprint density at radius 2 is 1.10 bits per heavy atom. The minimum atomic E-state index is -2.07. The van der Waals surface area contributed by atoms with Crippen LogP contribution in [0.1, 0.15) is 26.7 Å². The first kappa shape index (κ1) is 18.8. The van der Waals surface area contributed by atoms with Gasteiger partial charge in [0.25, 0.3) is 0 Å². The van der Waals surface area contributed by atoms with E-state index in [2.05, 4.69) is 9.47 Å². The summed E-state index contributed by atoms with van der Waals surface area (Å²) in [6, 6.07) is 0. The largest absolute Gasteiger partial charge is 0.464 e. The van der Waals surface area contributed by atoms with E-state index >= 15 is 0 Å². The SMILES string of the molecule is CCCOC(=O)[C@@H](O)[C@@H](O)[C@H](O)[C@@H](O)C(=O)OCCC. The summed E-state index contributed by atoms with van der Waals surface area (Å²) in [5.74, 6) is -2.29. The zero-order chi connectivity index (χ0) is 15.7. The molecule has 0 bridgehead atoms. The van der Waals surface area contributed by atoms with Crippen LogP contribution in [0.3, 0.4) is 0 Å². The van der Waals surface area contributed by atoms with Gasteiger partial charge in [-0.15, -0.1) is 0 Å². The first-order valence-electron chi connectivity index (χ1n) is 6.42. The van der Waals surface area contributed by atoms with Crippen LogP contribution >= 0.6 is 0 Å². The summed E-state index contributed by atoms with van der Waals surface area (Å²) in [5, 5.41) is 37.9. The molecule has 118 valence electrons. The first-order valence-corrected chi connectivity index (χ1v) is 6.42. The van der Waals surface area contributed by atoms with Gasteiger partial charge in [0, 0.05) is 0 Å². The van der Waals surface area contributed by atoms with E-state index in [-0.39, 0.29) is 13.2 Å². The number of carbonyl (C=O) groups is 2. The maximum Gasteiger partial charge on any atom is 0.337 e. The fourth-order valence-electron chi connectivity index (χ4n) is 1.23. The third-order valence-electron chi connectivity index (χ3n) is 2.38. The molecular weight excluding hydrogens is 272 g/mol. The predicted molar refractivity (Wildman–Crippen MR) is 66.5 cm³/mol. The van der Waals surface area contributed by atoms with Crippen LogP contribution in [0.25, 0.3) is 0 Å². The summed E-state index contributed by atoms with van der Waals surface area (Å²) in [6.45, 7) is 3.55. The zero-order valence-electron chi connectivity index (χ0n) is 11.6. The Morgan fingerprint density at radius 3 is 1.35 bits per heavy atom. The van der Waals surface area contributed by atoms with Crippen molar-refractivity contribution in [3.8, 4) is 0 Å². The molecule has 8 nitrogen and oxygen atoms in total. The Balaban J connectivity index is 4.46. The number of carbonyl (C=O) groups excluding carboxylic acids is 2. The maximum absolute atomic E-state index is 11.3. The number of aliphatic hydroxyl groups is 4. The number of hydrogen-bond donors (Lipinski definition) is 4. The van der Waals surface area contributed by atoms with Crippen molar-refractivity contribution in [2.45, 2.75) is 51.1 Å². The summed E-state index contributed by atoms with van der Waals surface area (Å²) in [4.78, 5) is 22.5. The molecule has 0 unspecified atom stereocenters. The lowest BCUT2D eigenvalue weighted by atomic mass is 10.0. The van der Waals surface area contributed by atoms with Crippen molar-refractivity contribution in [2.75, 3.05) is 13.2 Å². The number of aliphatic hydroxyl groups excluding tert-OH is 4. The molecule has 20 heavy (non-hydrogen) atoms. The van der Waals surface area contributed by atoms with Crippen molar-refractivity contribution in [1.29, 1.82) is 0 Å². The lowest BCUT2D eigenvalue weighted by Gasteiger charge is -2.24. The molecule has 0 saturated carbocycles. The van der Waals surface area contributed by atoms with Gasteiger partial charge in [-0.2, -0.15) is 0 Å². The molecular formula is C12H22O8. The molecule has 0 saturated heterocycles. The van der Waals surface area contributed by atoms with Crippen molar-refractivity contribution in [3.05, 3.63) is 0 Å². The van der Waals surface area contributed by atoms with Crippen LogP contribution in [-0.4, -0.2) is 70.0 Å². The minimum Gasteiger partial charge on any atom is -0.464 e. The van der Waals surface area contributed by atoms with Gasteiger partial charge in [0.05, 0.1) is 13.2 Å². The smallest absolute Gasteiger partial charge is 0.337 e. The van der Waals surface area contributed by atoms with Crippen molar-refractivity contribution >= 4 is 11.9 Å². The van der Waals surface area contributed by atoms with Crippen molar-refractivity contribution in [2.24, 2.45) is 0 Å². The van der Waals surface area contributed by atoms with Crippen molar-refractivity contribution < 1.29 is 39.5 Å². The first-order chi connectivity index (χ1) is 9.36. The van der Waals surface area contributed by atoms with Gasteiger partial charge >= 0.3 is 11.9 Å². The summed E-state index contributed by atoms with van der Waals surface area (Å²) < 4.78 is 9.14. The standard InChI is InChI=1S/C12H22O8/c1-3-5-19-11(17)9(15)7(13)8(14)10(16)12(18)20-6-4-2/h7-10,13-16H,3-6H2,1-2H3/t7-,8-,9-,10+/m0/s1.